The second-order valence-corrected chi connectivity index (χ2v) is 15.4. The predicted octanol–water partition coefficient (Wildman–Crippen LogP) is 15.5. The highest BCUT2D eigenvalue weighted by atomic mass is 32.1. The molecule has 0 aliphatic rings. The van der Waals surface area contributed by atoms with Gasteiger partial charge in [-0.25, -0.2) is 4.98 Å². The van der Waals surface area contributed by atoms with Gasteiger partial charge in [-0.05, 0) is 105 Å². The number of thiophene rings is 1. The molecule has 0 unspecified atom stereocenters. The highest BCUT2D eigenvalue weighted by Crippen LogP contribution is 2.46. The number of nitrogens with zero attached hydrogens (tertiary/aromatic N) is 2. The quantitative estimate of drug-likeness (QED) is 0.163. The van der Waals surface area contributed by atoms with Crippen molar-refractivity contribution in [1.82, 2.24) is 4.98 Å². The molecule has 4 heteroatoms. The maximum atomic E-state index is 6.58. The highest BCUT2D eigenvalue weighted by molar-refractivity contribution is 7.26. The van der Waals surface area contributed by atoms with E-state index in [0.717, 1.165) is 61.2 Å². The molecule has 0 saturated carbocycles. The van der Waals surface area contributed by atoms with E-state index >= 15 is 0 Å². The minimum atomic E-state index is 0.619. The van der Waals surface area contributed by atoms with Crippen LogP contribution >= 0.6 is 11.3 Å². The molecule has 0 N–H and O–H groups in total. The molecule has 57 heavy (non-hydrogen) atoms. The molecular formula is C53H34N2OS. The van der Waals surface area contributed by atoms with Gasteiger partial charge >= 0.3 is 0 Å². The van der Waals surface area contributed by atoms with Crippen LogP contribution in [0.2, 0.25) is 0 Å². The molecule has 0 spiro atoms. The van der Waals surface area contributed by atoms with Gasteiger partial charge in [0.05, 0.1) is 5.69 Å². The SMILES string of the molecule is c1ccc(-c2ccc(-c3nc4ccc5ccc(-c6cccc(N(c7cccc(-c8ccccc8)c7)c7cccc8sc9ccccc9c78)c6)cc5c4o3)cc2)cc1. The zero-order chi connectivity index (χ0) is 37.7. The van der Waals surface area contributed by atoms with E-state index in [1.54, 1.807) is 0 Å². The van der Waals surface area contributed by atoms with Crippen molar-refractivity contribution in [2.75, 3.05) is 4.90 Å². The molecule has 0 atom stereocenters. The van der Waals surface area contributed by atoms with E-state index < -0.39 is 0 Å². The Morgan fingerprint density at radius 2 is 0.947 bits per heavy atom. The van der Waals surface area contributed by atoms with Gasteiger partial charge in [0.1, 0.15) is 5.52 Å². The minimum absolute atomic E-state index is 0.619. The fourth-order valence-electron chi connectivity index (χ4n) is 8.09. The van der Waals surface area contributed by atoms with Crippen LogP contribution in [0.25, 0.3) is 86.9 Å². The molecule has 0 aliphatic heterocycles. The van der Waals surface area contributed by atoms with Gasteiger partial charge < -0.3 is 9.32 Å². The largest absolute Gasteiger partial charge is 0.435 e. The van der Waals surface area contributed by atoms with Gasteiger partial charge in [-0.15, -0.1) is 11.3 Å². The fraction of sp³-hybridized carbons (Fsp3) is 0. The monoisotopic (exact) mass is 746 g/mol. The standard InChI is InChI=1S/C53H34N2OS/c1-3-12-35(13-4-1)37-24-27-39(28-25-37)53-54-47-31-30-38-26-29-42(34-46(38)52(47)56-53)41-17-10-19-44(33-41)55(43-18-9-16-40(32-43)36-14-5-2-6-15-36)48-21-11-23-50-51(48)45-20-7-8-22-49(45)57-50/h1-34H. The predicted molar refractivity (Wildman–Crippen MR) is 241 cm³/mol. The van der Waals surface area contributed by atoms with Gasteiger partial charge in [-0.1, -0.05) is 140 Å². The van der Waals surface area contributed by atoms with Gasteiger partial charge in [0.2, 0.25) is 5.89 Å². The van der Waals surface area contributed by atoms with Crippen molar-refractivity contribution < 1.29 is 4.42 Å². The van der Waals surface area contributed by atoms with Crippen LogP contribution < -0.4 is 4.90 Å². The lowest BCUT2D eigenvalue weighted by Gasteiger charge is -2.27. The summed E-state index contributed by atoms with van der Waals surface area (Å²) >= 11 is 1.84. The van der Waals surface area contributed by atoms with E-state index in [-0.39, 0.29) is 0 Å². The van der Waals surface area contributed by atoms with E-state index in [9.17, 15) is 0 Å². The van der Waals surface area contributed by atoms with Gasteiger partial charge in [0.25, 0.3) is 0 Å². The summed E-state index contributed by atoms with van der Waals surface area (Å²) in [4.78, 5) is 7.36. The highest BCUT2D eigenvalue weighted by Gasteiger charge is 2.20. The lowest BCUT2D eigenvalue weighted by molar-refractivity contribution is 0.623. The van der Waals surface area contributed by atoms with Crippen molar-refractivity contribution in [1.29, 1.82) is 0 Å². The number of anilines is 3. The Balaban J connectivity index is 1.03. The first kappa shape index (κ1) is 33.1. The van der Waals surface area contributed by atoms with E-state index in [2.05, 4.69) is 205 Å². The first-order valence-corrected chi connectivity index (χ1v) is 20.0. The Labute approximate surface area is 334 Å². The molecule has 0 radical (unpaired) electrons. The first-order chi connectivity index (χ1) is 28.2. The lowest BCUT2D eigenvalue weighted by atomic mass is 9.99. The zero-order valence-corrected chi connectivity index (χ0v) is 31.7. The molecular weight excluding hydrogens is 713 g/mol. The number of hydrogen-bond donors (Lipinski definition) is 0. The number of benzene rings is 9. The second kappa shape index (κ2) is 13.8. The Morgan fingerprint density at radius 3 is 1.70 bits per heavy atom. The lowest BCUT2D eigenvalue weighted by Crippen LogP contribution is -2.10. The Morgan fingerprint density at radius 1 is 0.404 bits per heavy atom. The van der Waals surface area contributed by atoms with Crippen molar-refractivity contribution in [2.45, 2.75) is 0 Å². The topological polar surface area (TPSA) is 29.3 Å². The van der Waals surface area contributed by atoms with E-state index in [1.807, 2.05) is 17.4 Å². The summed E-state index contributed by atoms with van der Waals surface area (Å²) < 4.78 is 9.13. The van der Waals surface area contributed by atoms with Crippen LogP contribution in [0.1, 0.15) is 0 Å². The third-order valence-corrected chi connectivity index (χ3v) is 12.0. The van der Waals surface area contributed by atoms with Crippen LogP contribution in [0.3, 0.4) is 0 Å². The normalized spacial score (nSPS) is 11.5. The van der Waals surface area contributed by atoms with Crippen LogP contribution in [0.5, 0.6) is 0 Å². The molecule has 9 aromatic carbocycles. The van der Waals surface area contributed by atoms with Gasteiger partial charge in [-0.3, -0.25) is 0 Å². The van der Waals surface area contributed by atoms with Crippen LogP contribution in [0, 0.1) is 0 Å². The molecule has 3 nitrogen and oxygen atoms in total. The second-order valence-electron chi connectivity index (χ2n) is 14.4. The summed E-state index contributed by atoms with van der Waals surface area (Å²) in [6.45, 7) is 0. The van der Waals surface area contributed by atoms with E-state index in [4.69, 9.17) is 9.40 Å². The zero-order valence-electron chi connectivity index (χ0n) is 30.8. The maximum absolute atomic E-state index is 6.58. The molecule has 2 heterocycles. The van der Waals surface area contributed by atoms with Crippen molar-refractivity contribution in [2.24, 2.45) is 0 Å². The molecule has 11 aromatic rings. The van der Waals surface area contributed by atoms with Gasteiger partial charge in [0.15, 0.2) is 5.58 Å². The molecule has 0 aliphatic carbocycles. The smallest absolute Gasteiger partial charge is 0.227 e. The number of hydrogen-bond acceptors (Lipinski definition) is 4. The average Bonchev–Trinajstić information content (AvgIpc) is 3.90. The van der Waals surface area contributed by atoms with Crippen LogP contribution in [-0.2, 0) is 0 Å². The number of fused-ring (bicyclic) bond motifs is 6. The molecule has 0 amide bonds. The third kappa shape index (κ3) is 5.95. The summed E-state index contributed by atoms with van der Waals surface area (Å²) in [5.41, 5.74) is 12.9. The van der Waals surface area contributed by atoms with Crippen molar-refractivity contribution >= 4 is 70.4 Å². The van der Waals surface area contributed by atoms with Crippen molar-refractivity contribution in [3.8, 4) is 44.8 Å². The first-order valence-electron chi connectivity index (χ1n) is 19.2. The number of aromatic nitrogens is 1. The van der Waals surface area contributed by atoms with E-state index in [1.165, 1.54) is 36.9 Å². The molecule has 0 bridgehead atoms. The Bertz CT molecular complexity index is 3240. The Hall–Kier alpha value is -7.27. The van der Waals surface area contributed by atoms with Crippen molar-refractivity contribution in [3.63, 3.8) is 0 Å². The third-order valence-electron chi connectivity index (χ3n) is 10.9. The average molecular weight is 747 g/mol. The molecule has 2 aromatic heterocycles. The van der Waals surface area contributed by atoms with Gasteiger partial charge in [-0.2, -0.15) is 0 Å². The van der Waals surface area contributed by atoms with Crippen LogP contribution in [0.15, 0.2) is 211 Å². The van der Waals surface area contributed by atoms with Gasteiger partial charge in [0, 0.05) is 42.5 Å². The summed E-state index contributed by atoms with van der Waals surface area (Å²) in [7, 11) is 0. The summed E-state index contributed by atoms with van der Waals surface area (Å²) in [5.74, 6) is 0.619. The summed E-state index contributed by atoms with van der Waals surface area (Å²) in [6, 6.07) is 73.5. The maximum Gasteiger partial charge on any atom is 0.227 e. The minimum Gasteiger partial charge on any atom is -0.435 e. The molecule has 0 saturated heterocycles. The summed E-state index contributed by atoms with van der Waals surface area (Å²) in [5, 5.41) is 4.68. The van der Waals surface area contributed by atoms with Crippen LogP contribution in [0.4, 0.5) is 17.1 Å². The molecule has 11 rings (SSSR count). The Kier molecular flexibility index (Phi) is 8.01. The molecule has 0 fully saturated rings. The molecule has 268 valence electrons. The van der Waals surface area contributed by atoms with E-state index in [0.29, 0.717) is 5.89 Å². The van der Waals surface area contributed by atoms with Crippen LogP contribution in [-0.4, -0.2) is 4.98 Å². The number of rotatable bonds is 7. The van der Waals surface area contributed by atoms with Crippen molar-refractivity contribution in [3.05, 3.63) is 206 Å². The number of oxazole rings is 1. The fourth-order valence-corrected chi connectivity index (χ4v) is 9.22. The summed E-state index contributed by atoms with van der Waals surface area (Å²) in [6.07, 6.45) is 0.